The van der Waals surface area contributed by atoms with Gasteiger partial charge in [-0.05, 0) is 5.56 Å². The molecule has 0 spiro atoms. The fourth-order valence-electron chi connectivity index (χ4n) is 3.70. The molecule has 0 bridgehead atoms. The highest BCUT2D eigenvalue weighted by Gasteiger charge is 2.41. The minimum Gasteiger partial charge on any atom is -0.337 e. The molecule has 0 radical (unpaired) electrons. The fourth-order valence-corrected chi connectivity index (χ4v) is 3.70. The van der Waals surface area contributed by atoms with Crippen LogP contribution in [0.25, 0.3) is 0 Å². The lowest BCUT2D eigenvalue weighted by molar-refractivity contribution is 0.128. The van der Waals surface area contributed by atoms with Crippen molar-refractivity contribution in [1.82, 2.24) is 29.6 Å². The summed E-state index contributed by atoms with van der Waals surface area (Å²) in [5.41, 5.74) is 1.07. The number of hydrogen-bond acceptors (Lipinski definition) is 3. The van der Waals surface area contributed by atoms with E-state index in [9.17, 15) is 9.59 Å². The molecule has 1 atom stereocenters. The molecule has 0 aliphatic carbocycles. The van der Waals surface area contributed by atoms with E-state index in [4.69, 9.17) is 0 Å². The van der Waals surface area contributed by atoms with Gasteiger partial charge in [0, 0.05) is 52.2 Å². The van der Waals surface area contributed by atoms with E-state index in [0.29, 0.717) is 39.3 Å². The first kappa shape index (κ1) is 17.4. The number of hydrogen-bond donors (Lipinski definition) is 1. The highest BCUT2D eigenvalue weighted by molar-refractivity contribution is 5.79. The van der Waals surface area contributed by atoms with Crippen molar-refractivity contribution in [1.29, 1.82) is 0 Å². The molecule has 4 rings (SSSR count). The quantitative estimate of drug-likeness (QED) is 0.883. The Morgan fingerprint density at radius 3 is 2.78 bits per heavy atom. The number of urea groups is 2. The number of imidazole rings is 1. The summed E-state index contributed by atoms with van der Waals surface area (Å²) >= 11 is 0. The van der Waals surface area contributed by atoms with E-state index in [1.165, 1.54) is 0 Å². The van der Waals surface area contributed by atoms with Gasteiger partial charge < -0.3 is 24.6 Å². The Labute approximate surface area is 158 Å². The number of fused-ring (bicyclic) bond motifs is 1. The lowest BCUT2D eigenvalue weighted by Crippen LogP contribution is -2.55. The number of carbonyl (C=O) groups is 2. The van der Waals surface area contributed by atoms with E-state index in [2.05, 4.69) is 10.3 Å². The van der Waals surface area contributed by atoms with Crippen LogP contribution in [0.1, 0.15) is 11.4 Å². The van der Waals surface area contributed by atoms with Crippen LogP contribution in [0.4, 0.5) is 9.59 Å². The van der Waals surface area contributed by atoms with Gasteiger partial charge >= 0.3 is 12.1 Å². The molecule has 2 saturated heterocycles. The van der Waals surface area contributed by atoms with Gasteiger partial charge in [0.1, 0.15) is 5.82 Å². The molecule has 27 heavy (non-hydrogen) atoms. The predicted molar refractivity (Wildman–Crippen MR) is 99.8 cm³/mol. The summed E-state index contributed by atoms with van der Waals surface area (Å²) in [6, 6.07) is 9.85. The average molecular weight is 368 g/mol. The van der Waals surface area contributed by atoms with Crippen LogP contribution in [0.5, 0.6) is 0 Å². The standard InChI is InChI=1S/C19H24N6O2/c1-22-8-7-20-17(22)14-24-13-16-12-23(9-10-25(16)19(24)27)18(26)21-11-15-5-3-2-4-6-15/h2-8,16H,9-14H2,1H3,(H,21,26)/t16-/m1/s1. The van der Waals surface area contributed by atoms with Gasteiger partial charge in [-0.2, -0.15) is 0 Å². The maximum Gasteiger partial charge on any atom is 0.320 e. The SMILES string of the molecule is Cn1ccnc1CN1C[C@H]2CN(C(=O)NCc3ccccc3)CCN2C1=O. The molecule has 0 unspecified atom stereocenters. The van der Waals surface area contributed by atoms with Crippen molar-refractivity contribution in [3.8, 4) is 0 Å². The van der Waals surface area contributed by atoms with Crippen molar-refractivity contribution in [2.45, 2.75) is 19.1 Å². The van der Waals surface area contributed by atoms with E-state index >= 15 is 0 Å². The van der Waals surface area contributed by atoms with Crippen LogP contribution in [-0.4, -0.2) is 68.5 Å². The number of amides is 4. The summed E-state index contributed by atoms with van der Waals surface area (Å²) < 4.78 is 1.92. The number of nitrogens with zero attached hydrogens (tertiary/aromatic N) is 5. The monoisotopic (exact) mass is 368 g/mol. The Balaban J connectivity index is 1.33. The first-order valence-corrected chi connectivity index (χ1v) is 9.20. The molecule has 8 heteroatoms. The summed E-state index contributed by atoms with van der Waals surface area (Å²) in [5.74, 6) is 0.862. The van der Waals surface area contributed by atoms with E-state index in [-0.39, 0.29) is 18.1 Å². The van der Waals surface area contributed by atoms with Crippen molar-refractivity contribution in [2.24, 2.45) is 7.05 Å². The maximum atomic E-state index is 12.7. The highest BCUT2D eigenvalue weighted by Crippen LogP contribution is 2.22. The number of carbonyl (C=O) groups excluding carboxylic acids is 2. The summed E-state index contributed by atoms with van der Waals surface area (Å²) in [6.45, 7) is 3.31. The van der Waals surface area contributed by atoms with E-state index in [1.54, 1.807) is 6.20 Å². The molecule has 1 N–H and O–H groups in total. The van der Waals surface area contributed by atoms with Crippen LogP contribution >= 0.6 is 0 Å². The Morgan fingerprint density at radius 1 is 1.22 bits per heavy atom. The smallest absolute Gasteiger partial charge is 0.320 e. The van der Waals surface area contributed by atoms with Crippen LogP contribution in [-0.2, 0) is 20.1 Å². The summed E-state index contributed by atoms with van der Waals surface area (Å²) in [6.07, 6.45) is 3.62. The molecule has 2 aliphatic rings. The van der Waals surface area contributed by atoms with Gasteiger partial charge in [0.05, 0.1) is 12.6 Å². The minimum atomic E-state index is -0.0755. The third-order valence-electron chi connectivity index (χ3n) is 5.26. The van der Waals surface area contributed by atoms with Crippen LogP contribution in [0.3, 0.4) is 0 Å². The van der Waals surface area contributed by atoms with E-state index in [1.807, 2.05) is 62.8 Å². The van der Waals surface area contributed by atoms with E-state index < -0.39 is 0 Å². The van der Waals surface area contributed by atoms with Gasteiger partial charge in [-0.3, -0.25) is 0 Å². The lowest BCUT2D eigenvalue weighted by atomic mass is 10.2. The highest BCUT2D eigenvalue weighted by atomic mass is 16.2. The van der Waals surface area contributed by atoms with Crippen molar-refractivity contribution < 1.29 is 9.59 Å². The molecule has 4 amide bonds. The van der Waals surface area contributed by atoms with Crippen LogP contribution in [0, 0.1) is 0 Å². The Hall–Kier alpha value is -3.03. The predicted octanol–water partition coefficient (Wildman–Crippen LogP) is 1.25. The number of nitrogens with one attached hydrogen (secondary N) is 1. The average Bonchev–Trinajstić information content (AvgIpc) is 3.24. The zero-order valence-electron chi connectivity index (χ0n) is 15.4. The second-order valence-corrected chi connectivity index (χ2v) is 7.06. The van der Waals surface area contributed by atoms with Gasteiger partial charge in [0.25, 0.3) is 0 Å². The fraction of sp³-hybridized carbons (Fsp3) is 0.421. The second kappa shape index (κ2) is 7.30. The van der Waals surface area contributed by atoms with Gasteiger partial charge in [-0.1, -0.05) is 30.3 Å². The number of aromatic nitrogens is 2. The third kappa shape index (κ3) is 3.60. The van der Waals surface area contributed by atoms with Crippen molar-refractivity contribution >= 4 is 12.1 Å². The van der Waals surface area contributed by atoms with Crippen LogP contribution in [0.15, 0.2) is 42.7 Å². The van der Waals surface area contributed by atoms with Gasteiger partial charge in [0.2, 0.25) is 0 Å². The number of benzene rings is 1. The van der Waals surface area contributed by atoms with Crippen LogP contribution < -0.4 is 5.32 Å². The molecule has 8 nitrogen and oxygen atoms in total. The molecule has 1 aromatic heterocycles. The Bertz CT molecular complexity index is 821. The molecular weight excluding hydrogens is 344 g/mol. The largest absolute Gasteiger partial charge is 0.337 e. The summed E-state index contributed by atoms with van der Waals surface area (Å²) in [4.78, 5) is 35.0. The van der Waals surface area contributed by atoms with Gasteiger partial charge in [0.15, 0.2) is 0 Å². The van der Waals surface area contributed by atoms with Crippen molar-refractivity contribution in [2.75, 3.05) is 26.2 Å². The summed E-state index contributed by atoms with van der Waals surface area (Å²) in [7, 11) is 1.93. The maximum absolute atomic E-state index is 12.7. The zero-order valence-corrected chi connectivity index (χ0v) is 15.4. The topological polar surface area (TPSA) is 73.7 Å². The number of piperazine rings is 1. The second-order valence-electron chi connectivity index (χ2n) is 7.06. The Morgan fingerprint density at radius 2 is 2.04 bits per heavy atom. The van der Waals surface area contributed by atoms with Crippen molar-refractivity contribution in [3.63, 3.8) is 0 Å². The first-order valence-electron chi connectivity index (χ1n) is 9.20. The summed E-state index contributed by atoms with van der Waals surface area (Å²) in [5, 5.41) is 2.97. The van der Waals surface area contributed by atoms with E-state index in [0.717, 1.165) is 11.4 Å². The zero-order chi connectivity index (χ0) is 18.8. The van der Waals surface area contributed by atoms with Crippen LogP contribution in [0.2, 0.25) is 0 Å². The molecule has 2 aromatic rings. The third-order valence-corrected chi connectivity index (χ3v) is 5.26. The molecule has 0 saturated carbocycles. The molecule has 142 valence electrons. The van der Waals surface area contributed by atoms with Crippen molar-refractivity contribution in [3.05, 3.63) is 54.1 Å². The normalized spacial score (nSPS) is 19.4. The molecular formula is C19H24N6O2. The lowest BCUT2D eigenvalue weighted by Gasteiger charge is -2.36. The first-order chi connectivity index (χ1) is 13.1. The number of rotatable bonds is 4. The molecule has 1 aromatic carbocycles. The minimum absolute atomic E-state index is 0.0346. The Kier molecular flexibility index (Phi) is 4.70. The van der Waals surface area contributed by atoms with Gasteiger partial charge in [-0.15, -0.1) is 0 Å². The molecule has 2 aliphatic heterocycles. The number of aryl methyl sites for hydroxylation is 1. The molecule has 2 fully saturated rings. The molecule has 3 heterocycles. The van der Waals surface area contributed by atoms with Gasteiger partial charge in [-0.25, -0.2) is 14.6 Å².